The van der Waals surface area contributed by atoms with E-state index in [0.717, 1.165) is 23.1 Å². The van der Waals surface area contributed by atoms with Gasteiger partial charge in [-0.3, -0.25) is 0 Å². The zero-order chi connectivity index (χ0) is 13.0. The molecule has 92 valence electrons. The highest BCUT2D eigenvalue weighted by atomic mass is 19.1. The van der Waals surface area contributed by atoms with Gasteiger partial charge in [-0.15, -0.1) is 0 Å². The number of hydrogen-bond donors (Lipinski definition) is 0. The van der Waals surface area contributed by atoms with E-state index in [2.05, 4.69) is 6.08 Å². The Balaban J connectivity index is 2.43. The van der Waals surface area contributed by atoms with Crippen molar-refractivity contribution in [2.24, 2.45) is 0 Å². The van der Waals surface area contributed by atoms with Crippen LogP contribution in [0.4, 0.5) is 8.78 Å². The summed E-state index contributed by atoms with van der Waals surface area (Å²) >= 11 is 0. The van der Waals surface area contributed by atoms with Crippen molar-refractivity contribution >= 4 is 5.57 Å². The van der Waals surface area contributed by atoms with Gasteiger partial charge in [0.15, 0.2) is 0 Å². The van der Waals surface area contributed by atoms with Crippen molar-refractivity contribution < 1.29 is 8.78 Å². The number of benzene rings is 2. The molecule has 0 aliphatic heterocycles. The Kier molecular flexibility index (Phi) is 3.88. The molecule has 0 amide bonds. The molecule has 0 saturated heterocycles. The maximum atomic E-state index is 12.9. The molecule has 0 nitrogen and oxygen atoms in total. The van der Waals surface area contributed by atoms with Crippen molar-refractivity contribution in [1.29, 1.82) is 0 Å². The fraction of sp³-hybridized carbons (Fsp3) is 0.125. The SMILES string of the molecule is CCC=C(c1ccc(F)cc1)c1ccc(F)cc1. The van der Waals surface area contributed by atoms with E-state index in [0.29, 0.717) is 0 Å². The minimum atomic E-state index is -0.256. The average molecular weight is 244 g/mol. The lowest BCUT2D eigenvalue weighted by molar-refractivity contribution is 0.627. The highest BCUT2D eigenvalue weighted by molar-refractivity contribution is 5.79. The monoisotopic (exact) mass is 244 g/mol. The molecule has 18 heavy (non-hydrogen) atoms. The lowest BCUT2D eigenvalue weighted by atomic mass is 9.97. The van der Waals surface area contributed by atoms with Crippen LogP contribution in [-0.4, -0.2) is 0 Å². The summed E-state index contributed by atoms with van der Waals surface area (Å²) in [7, 11) is 0. The van der Waals surface area contributed by atoms with Crippen molar-refractivity contribution in [3.63, 3.8) is 0 Å². The quantitative estimate of drug-likeness (QED) is 0.727. The predicted molar refractivity (Wildman–Crippen MR) is 70.2 cm³/mol. The van der Waals surface area contributed by atoms with E-state index in [-0.39, 0.29) is 11.6 Å². The first-order chi connectivity index (χ1) is 8.70. The van der Waals surface area contributed by atoms with Gasteiger partial charge in [0.05, 0.1) is 0 Å². The van der Waals surface area contributed by atoms with Crippen LogP contribution in [0.25, 0.3) is 5.57 Å². The van der Waals surface area contributed by atoms with Gasteiger partial charge in [0.2, 0.25) is 0 Å². The van der Waals surface area contributed by atoms with Gasteiger partial charge in [-0.25, -0.2) is 8.78 Å². The van der Waals surface area contributed by atoms with E-state index < -0.39 is 0 Å². The van der Waals surface area contributed by atoms with Gasteiger partial charge in [-0.05, 0) is 47.4 Å². The minimum absolute atomic E-state index is 0.256. The molecule has 0 N–H and O–H groups in total. The third kappa shape index (κ3) is 2.83. The van der Waals surface area contributed by atoms with Crippen LogP contribution in [0.15, 0.2) is 54.6 Å². The lowest BCUT2D eigenvalue weighted by Crippen LogP contribution is -1.89. The Labute approximate surface area is 106 Å². The second-order valence-electron chi connectivity index (χ2n) is 4.04. The van der Waals surface area contributed by atoms with E-state index in [1.54, 1.807) is 24.3 Å². The summed E-state index contributed by atoms with van der Waals surface area (Å²) in [5.74, 6) is -0.512. The van der Waals surface area contributed by atoms with Crippen LogP contribution in [0.1, 0.15) is 24.5 Å². The predicted octanol–water partition coefficient (Wildman–Crippen LogP) is 4.81. The Hall–Kier alpha value is -1.96. The zero-order valence-electron chi connectivity index (χ0n) is 10.2. The summed E-state index contributed by atoms with van der Waals surface area (Å²) in [6.45, 7) is 2.03. The molecular weight excluding hydrogens is 230 g/mol. The number of hydrogen-bond acceptors (Lipinski definition) is 0. The van der Waals surface area contributed by atoms with E-state index in [9.17, 15) is 8.78 Å². The Morgan fingerprint density at radius 1 is 0.833 bits per heavy atom. The highest BCUT2D eigenvalue weighted by Gasteiger charge is 2.05. The Morgan fingerprint density at radius 2 is 1.22 bits per heavy atom. The van der Waals surface area contributed by atoms with Crippen molar-refractivity contribution in [3.8, 4) is 0 Å². The molecule has 2 rings (SSSR count). The standard InChI is InChI=1S/C16H14F2/c1-2-3-16(12-4-8-14(17)9-5-12)13-6-10-15(18)11-7-13/h3-11H,2H2,1H3. The molecule has 2 aromatic rings. The molecule has 0 bridgehead atoms. The van der Waals surface area contributed by atoms with Crippen molar-refractivity contribution in [1.82, 2.24) is 0 Å². The second kappa shape index (κ2) is 5.58. The number of halogens is 2. The fourth-order valence-corrected chi connectivity index (χ4v) is 1.87. The van der Waals surface area contributed by atoms with Gasteiger partial charge < -0.3 is 0 Å². The second-order valence-corrected chi connectivity index (χ2v) is 4.04. The first kappa shape index (κ1) is 12.5. The average Bonchev–Trinajstić information content (AvgIpc) is 2.39. The van der Waals surface area contributed by atoms with Crippen LogP contribution >= 0.6 is 0 Å². The molecule has 0 saturated carbocycles. The first-order valence-electron chi connectivity index (χ1n) is 5.92. The van der Waals surface area contributed by atoms with Crippen molar-refractivity contribution in [2.75, 3.05) is 0 Å². The maximum absolute atomic E-state index is 12.9. The van der Waals surface area contributed by atoms with Gasteiger partial charge in [0.25, 0.3) is 0 Å². The maximum Gasteiger partial charge on any atom is 0.123 e. The molecular formula is C16H14F2. The molecule has 0 aromatic heterocycles. The van der Waals surface area contributed by atoms with Crippen LogP contribution in [0, 0.1) is 11.6 Å². The third-order valence-electron chi connectivity index (χ3n) is 2.72. The number of rotatable bonds is 3. The van der Waals surface area contributed by atoms with Gasteiger partial charge in [-0.2, -0.15) is 0 Å². The molecule has 2 aromatic carbocycles. The van der Waals surface area contributed by atoms with E-state index in [1.807, 2.05) is 6.92 Å². The minimum Gasteiger partial charge on any atom is -0.207 e. The summed E-state index contributed by atoms with van der Waals surface area (Å²) in [4.78, 5) is 0. The molecule has 0 fully saturated rings. The van der Waals surface area contributed by atoms with Crippen LogP contribution in [0.3, 0.4) is 0 Å². The Bertz CT molecular complexity index is 489. The third-order valence-corrected chi connectivity index (χ3v) is 2.72. The lowest BCUT2D eigenvalue weighted by Gasteiger charge is -2.08. The van der Waals surface area contributed by atoms with Gasteiger partial charge in [0.1, 0.15) is 11.6 Å². The normalized spacial score (nSPS) is 10.2. The summed E-state index contributed by atoms with van der Waals surface area (Å²) in [5, 5.41) is 0. The molecule has 0 heterocycles. The zero-order valence-corrected chi connectivity index (χ0v) is 10.2. The van der Waals surface area contributed by atoms with E-state index in [1.165, 1.54) is 24.3 Å². The van der Waals surface area contributed by atoms with Gasteiger partial charge >= 0.3 is 0 Å². The molecule has 0 atom stereocenters. The first-order valence-corrected chi connectivity index (χ1v) is 5.92. The summed E-state index contributed by atoms with van der Waals surface area (Å²) < 4.78 is 25.8. The highest BCUT2D eigenvalue weighted by Crippen LogP contribution is 2.24. The molecule has 0 aliphatic carbocycles. The van der Waals surface area contributed by atoms with Crippen LogP contribution < -0.4 is 0 Å². The van der Waals surface area contributed by atoms with Crippen LogP contribution in [-0.2, 0) is 0 Å². The van der Waals surface area contributed by atoms with Crippen molar-refractivity contribution in [3.05, 3.63) is 77.4 Å². The van der Waals surface area contributed by atoms with Crippen molar-refractivity contribution in [2.45, 2.75) is 13.3 Å². The molecule has 0 unspecified atom stereocenters. The largest absolute Gasteiger partial charge is 0.207 e. The summed E-state index contributed by atoms with van der Waals surface area (Å²) in [5.41, 5.74) is 2.87. The van der Waals surface area contributed by atoms with E-state index in [4.69, 9.17) is 0 Å². The Morgan fingerprint density at radius 3 is 1.56 bits per heavy atom. The molecule has 0 spiro atoms. The summed E-state index contributed by atoms with van der Waals surface area (Å²) in [6, 6.07) is 12.7. The summed E-state index contributed by atoms with van der Waals surface area (Å²) in [6.07, 6.45) is 2.92. The van der Waals surface area contributed by atoms with E-state index >= 15 is 0 Å². The van der Waals surface area contributed by atoms with Gasteiger partial charge in [0, 0.05) is 0 Å². The van der Waals surface area contributed by atoms with Crippen LogP contribution in [0.5, 0.6) is 0 Å². The fourth-order valence-electron chi connectivity index (χ4n) is 1.87. The molecule has 0 aliphatic rings. The van der Waals surface area contributed by atoms with Gasteiger partial charge in [-0.1, -0.05) is 37.3 Å². The smallest absolute Gasteiger partial charge is 0.123 e. The topological polar surface area (TPSA) is 0 Å². The molecule has 0 radical (unpaired) electrons. The van der Waals surface area contributed by atoms with Crippen LogP contribution in [0.2, 0.25) is 0 Å². The molecule has 2 heteroatoms. The number of allylic oxidation sites excluding steroid dienone is 1.